The number of hydrogen-bond acceptors (Lipinski definition) is 3. The molecular weight excluding hydrogens is 200 g/mol. The molecule has 0 aromatic heterocycles. The molecule has 0 spiro atoms. The highest BCUT2D eigenvalue weighted by atomic mass is 16.5. The second-order valence-corrected chi connectivity index (χ2v) is 5.31. The first-order valence-electron chi connectivity index (χ1n) is 6.88. The number of nitrogens with one attached hydrogen (secondary N) is 1. The van der Waals surface area contributed by atoms with Crippen LogP contribution < -0.4 is 5.32 Å². The van der Waals surface area contributed by atoms with E-state index in [1.807, 2.05) is 0 Å². The van der Waals surface area contributed by atoms with Gasteiger partial charge in [0.1, 0.15) is 0 Å². The summed E-state index contributed by atoms with van der Waals surface area (Å²) in [5, 5.41) is 3.66. The maximum Gasteiger partial charge on any atom is 0.0621 e. The van der Waals surface area contributed by atoms with Crippen molar-refractivity contribution >= 4 is 0 Å². The fourth-order valence-electron chi connectivity index (χ4n) is 2.99. The lowest BCUT2D eigenvalue weighted by Gasteiger charge is -2.44. The predicted molar refractivity (Wildman–Crippen MR) is 66.7 cm³/mol. The summed E-state index contributed by atoms with van der Waals surface area (Å²) >= 11 is 0. The molecule has 1 N–H and O–H groups in total. The summed E-state index contributed by atoms with van der Waals surface area (Å²) in [4.78, 5) is 2.68. The van der Waals surface area contributed by atoms with Gasteiger partial charge in [0, 0.05) is 37.8 Å². The Morgan fingerprint density at radius 3 is 3.00 bits per heavy atom. The van der Waals surface area contributed by atoms with Crippen LogP contribution in [0, 0.1) is 0 Å². The first kappa shape index (κ1) is 12.3. The molecule has 3 nitrogen and oxygen atoms in total. The van der Waals surface area contributed by atoms with Crippen molar-refractivity contribution < 1.29 is 4.74 Å². The highest BCUT2D eigenvalue weighted by molar-refractivity contribution is 4.88. The largest absolute Gasteiger partial charge is 0.380 e. The maximum atomic E-state index is 5.62. The summed E-state index contributed by atoms with van der Waals surface area (Å²) < 4.78 is 5.62. The standard InChI is InChI=1S/C13H26N2O/c1-3-5-12-9-15(11(2)8-14-12)13-6-4-7-16-10-13/h11-14H,3-10H2,1-2H3. The lowest BCUT2D eigenvalue weighted by atomic mass is 10.0. The Bertz CT molecular complexity index is 204. The molecule has 2 rings (SSSR count). The van der Waals surface area contributed by atoms with Gasteiger partial charge in [0.25, 0.3) is 0 Å². The molecule has 3 heteroatoms. The van der Waals surface area contributed by atoms with Crippen LogP contribution in [-0.2, 0) is 4.74 Å². The van der Waals surface area contributed by atoms with E-state index in [2.05, 4.69) is 24.1 Å². The van der Waals surface area contributed by atoms with Gasteiger partial charge in [-0.3, -0.25) is 4.90 Å². The van der Waals surface area contributed by atoms with Crippen molar-refractivity contribution in [1.82, 2.24) is 10.2 Å². The van der Waals surface area contributed by atoms with Crippen molar-refractivity contribution in [2.75, 3.05) is 26.3 Å². The van der Waals surface area contributed by atoms with Gasteiger partial charge in [0.15, 0.2) is 0 Å². The smallest absolute Gasteiger partial charge is 0.0621 e. The molecule has 0 bridgehead atoms. The zero-order chi connectivity index (χ0) is 11.4. The molecule has 2 fully saturated rings. The summed E-state index contributed by atoms with van der Waals surface area (Å²) in [6, 6.07) is 2.04. The number of nitrogens with zero attached hydrogens (tertiary/aromatic N) is 1. The van der Waals surface area contributed by atoms with Crippen molar-refractivity contribution in [2.24, 2.45) is 0 Å². The first-order valence-corrected chi connectivity index (χ1v) is 6.88. The van der Waals surface area contributed by atoms with Crippen LogP contribution >= 0.6 is 0 Å². The number of ether oxygens (including phenoxy) is 1. The van der Waals surface area contributed by atoms with Crippen LogP contribution in [0.1, 0.15) is 39.5 Å². The highest BCUT2D eigenvalue weighted by Gasteiger charge is 2.30. The Labute approximate surface area is 99.5 Å². The monoisotopic (exact) mass is 226 g/mol. The fraction of sp³-hybridized carbons (Fsp3) is 1.00. The Kier molecular flexibility index (Phi) is 4.62. The van der Waals surface area contributed by atoms with Crippen LogP contribution in [0.4, 0.5) is 0 Å². The third-order valence-corrected chi connectivity index (χ3v) is 3.94. The lowest BCUT2D eigenvalue weighted by Crippen LogP contribution is -2.59. The number of rotatable bonds is 3. The van der Waals surface area contributed by atoms with Gasteiger partial charge in [0.05, 0.1) is 6.61 Å². The molecule has 94 valence electrons. The van der Waals surface area contributed by atoms with E-state index in [9.17, 15) is 0 Å². The number of hydrogen-bond donors (Lipinski definition) is 1. The topological polar surface area (TPSA) is 24.5 Å². The summed E-state index contributed by atoms with van der Waals surface area (Å²) in [7, 11) is 0. The van der Waals surface area contributed by atoms with Crippen LogP contribution in [0.15, 0.2) is 0 Å². The molecule has 3 unspecified atom stereocenters. The minimum Gasteiger partial charge on any atom is -0.380 e. The molecule has 16 heavy (non-hydrogen) atoms. The molecule has 0 amide bonds. The second-order valence-electron chi connectivity index (χ2n) is 5.31. The Morgan fingerprint density at radius 2 is 2.31 bits per heavy atom. The van der Waals surface area contributed by atoms with E-state index in [-0.39, 0.29) is 0 Å². The molecule has 3 atom stereocenters. The van der Waals surface area contributed by atoms with Gasteiger partial charge in [-0.25, -0.2) is 0 Å². The van der Waals surface area contributed by atoms with Crippen LogP contribution in [0.5, 0.6) is 0 Å². The summed E-state index contributed by atoms with van der Waals surface area (Å²) in [5.41, 5.74) is 0. The van der Waals surface area contributed by atoms with E-state index < -0.39 is 0 Å². The van der Waals surface area contributed by atoms with Gasteiger partial charge in [-0.05, 0) is 26.2 Å². The predicted octanol–water partition coefficient (Wildman–Crippen LogP) is 1.63. The summed E-state index contributed by atoms with van der Waals surface area (Å²) in [6.07, 6.45) is 5.14. The Morgan fingerprint density at radius 1 is 1.44 bits per heavy atom. The Balaban J connectivity index is 1.89. The molecule has 2 aliphatic rings. The van der Waals surface area contributed by atoms with Gasteiger partial charge in [-0.2, -0.15) is 0 Å². The molecular formula is C13H26N2O. The average molecular weight is 226 g/mol. The van der Waals surface area contributed by atoms with Gasteiger partial charge in [0.2, 0.25) is 0 Å². The van der Waals surface area contributed by atoms with Crippen molar-refractivity contribution in [2.45, 2.75) is 57.7 Å². The van der Waals surface area contributed by atoms with E-state index in [1.54, 1.807) is 0 Å². The van der Waals surface area contributed by atoms with E-state index >= 15 is 0 Å². The molecule has 0 saturated carbocycles. The van der Waals surface area contributed by atoms with E-state index in [1.165, 1.54) is 32.2 Å². The first-order chi connectivity index (χ1) is 7.81. The van der Waals surface area contributed by atoms with Crippen LogP contribution in [0.25, 0.3) is 0 Å². The lowest BCUT2D eigenvalue weighted by molar-refractivity contribution is -0.0121. The molecule has 2 saturated heterocycles. The minimum absolute atomic E-state index is 0.666. The van der Waals surface area contributed by atoms with Crippen LogP contribution in [-0.4, -0.2) is 49.3 Å². The maximum absolute atomic E-state index is 5.62. The second kappa shape index (κ2) is 5.99. The van der Waals surface area contributed by atoms with Crippen molar-refractivity contribution in [3.8, 4) is 0 Å². The van der Waals surface area contributed by atoms with E-state index in [0.29, 0.717) is 18.1 Å². The summed E-state index contributed by atoms with van der Waals surface area (Å²) in [5.74, 6) is 0. The van der Waals surface area contributed by atoms with Crippen LogP contribution in [0.2, 0.25) is 0 Å². The fourth-order valence-corrected chi connectivity index (χ4v) is 2.99. The van der Waals surface area contributed by atoms with Crippen LogP contribution in [0.3, 0.4) is 0 Å². The zero-order valence-electron chi connectivity index (χ0n) is 10.7. The van der Waals surface area contributed by atoms with Gasteiger partial charge in [-0.1, -0.05) is 13.3 Å². The molecule has 2 heterocycles. The van der Waals surface area contributed by atoms with E-state index in [0.717, 1.165) is 19.8 Å². The average Bonchev–Trinajstić information content (AvgIpc) is 2.33. The highest BCUT2D eigenvalue weighted by Crippen LogP contribution is 2.19. The molecule has 0 aliphatic carbocycles. The van der Waals surface area contributed by atoms with Gasteiger partial charge >= 0.3 is 0 Å². The third-order valence-electron chi connectivity index (χ3n) is 3.94. The molecule has 0 radical (unpaired) electrons. The summed E-state index contributed by atoms with van der Waals surface area (Å²) in [6.45, 7) is 8.88. The minimum atomic E-state index is 0.666. The quantitative estimate of drug-likeness (QED) is 0.791. The Hall–Kier alpha value is -0.120. The SMILES string of the molecule is CCCC1CN(C2CCCOC2)C(C)CN1. The van der Waals surface area contributed by atoms with Crippen molar-refractivity contribution in [1.29, 1.82) is 0 Å². The molecule has 0 aromatic carbocycles. The number of piperazine rings is 1. The molecule has 2 aliphatic heterocycles. The van der Waals surface area contributed by atoms with Crippen molar-refractivity contribution in [3.05, 3.63) is 0 Å². The normalized spacial score (nSPS) is 37.5. The zero-order valence-corrected chi connectivity index (χ0v) is 10.7. The third kappa shape index (κ3) is 2.96. The van der Waals surface area contributed by atoms with Gasteiger partial charge < -0.3 is 10.1 Å². The van der Waals surface area contributed by atoms with E-state index in [4.69, 9.17) is 4.74 Å². The van der Waals surface area contributed by atoms with Gasteiger partial charge in [-0.15, -0.1) is 0 Å². The van der Waals surface area contributed by atoms with Crippen molar-refractivity contribution in [3.63, 3.8) is 0 Å². The molecule has 0 aromatic rings.